The molecule has 0 radical (unpaired) electrons. The van der Waals surface area contributed by atoms with Crippen LogP contribution in [0.15, 0.2) is 18.3 Å². The molecule has 0 spiro atoms. The quantitative estimate of drug-likeness (QED) is 0.842. The molecule has 98 valence electrons. The van der Waals surface area contributed by atoms with Crippen LogP contribution in [0.1, 0.15) is 6.42 Å². The van der Waals surface area contributed by atoms with Crippen LogP contribution in [0.4, 0.5) is 5.82 Å². The van der Waals surface area contributed by atoms with E-state index in [0.717, 1.165) is 25.3 Å². The molecule has 0 aliphatic carbocycles. The Morgan fingerprint density at radius 3 is 3.22 bits per heavy atom. The van der Waals surface area contributed by atoms with Crippen molar-refractivity contribution in [1.29, 1.82) is 0 Å². The smallest absolute Gasteiger partial charge is 0.234 e. The van der Waals surface area contributed by atoms with Gasteiger partial charge < -0.3 is 15.5 Å². The molecule has 0 saturated carbocycles. The molecule has 1 aliphatic rings. The SMILES string of the molecule is CNCC(=O)NC1CCN(c2ncccc2Cl)C1. The summed E-state index contributed by atoms with van der Waals surface area (Å²) in [7, 11) is 1.76. The molecule has 1 unspecified atom stereocenters. The standard InChI is InChI=1S/C12H17ClN4O/c1-14-7-11(18)16-9-4-6-17(8-9)12-10(13)3-2-5-15-12/h2-3,5,9,14H,4,6-8H2,1H3,(H,16,18). The maximum absolute atomic E-state index is 11.5. The Bertz CT molecular complexity index is 426. The van der Waals surface area contributed by atoms with Gasteiger partial charge in [0.15, 0.2) is 0 Å². The van der Waals surface area contributed by atoms with Crippen molar-refractivity contribution in [3.05, 3.63) is 23.4 Å². The highest BCUT2D eigenvalue weighted by atomic mass is 35.5. The highest BCUT2D eigenvalue weighted by molar-refractivity contribution is 6.32. The van der Waals surface area contributed by atoms with E-state index in [4.69, 9.17) is 11.6 Å². The Hall–Kier alpha value is -1.33. The van der Waals surface area contributed by atoms with E-state index in [9.17, 15) is 4.79 Å². The van der Waals surface area contributed by atoms with Crippen molar-refractivity contribution in [2.45, 2.75) is 12.5 Å². The number of anilines is 1. The predicted molar refractivity (Wildman–Crippen MR) is 71.9 cm³/mol. The molecule has 2 N–H and O–H groups in total. The van der Waals surface area contributed by atoms with E-state index in [1.165, 1.54) is 0 Å². The molecule has 1 aromatic rings. The largest absolute Gasteiger partial charge is 0.353 e. The van der Waals surface area contributed by atoms with Gasteiger partial charge in [-0.05, 0) is 25.6 Å². The molecule has 1 atom stereocenters. The zero-order chi connectivity index (χ0) is 13.0. The molecule has 0 bridgehead atoms. The van der Waals surface area contributed by atoms with E-state index in [1.807, 2.05) is 12.1 Å². The molecular weight excluding hydrogens is 252 g/mol. The topological polar surface area (TPSA) is 57.3 Å². The van der Waals surface area contributed by atoms with Crippen LogP contribution in [-0.4, -0.2) is 43.6 Å². The lowest BCUT2D eigenvalue weighted by atomic mass is 10.2. The van der Waals surface area contributed by atoms with Gasteiger partial charge in [0.25, 0.3) is 0 Å². The van der Waals surface area contributed by atoms with Crippen LogP contribution >= 0.6 is 11.6 Å². The molecule has 2 rings (SSSR count). The average molecular weight is 269 g/mol. The maximum atomic E-state index is 11.5. The Kier molecular flexibility index (Phi) is 4.38. The van der Waals surface area contributed by atoms with Crippen molar-refractivity contribution >= 4 is 23.3 Å². The second kappa shape index (κ2) is 6.02. The summed E-state index contributed by atoms with van der Waals surface area (Å²) < 4.78 is 0. The first-order valence-corrected chi connectivity index (χ1v) is 6.38. The lowest BCUT2D eigenvalue weighted by Crippen LogP contribution is -2.41. The molecule has 1 aliphatic heterocycles. The Labute approximate surface area is 112 Å². The minimum Gasteiger partial charge on any atom is -0.353 e. The van der Waals surface area contributed by atoms with Crippen LogP contribution in [0.5, 0.6) is 0 Å². The van der Waals surface area contributed by atoms with Gasteiger partial charge in [-0.3, -0.25) is 4.79 Å². The van der Waals surface area contributed by atoms with E-state index in [0.29, 0.717) is 11.6 Å². The first-order chi connectivity index (χ1) is 8.70. The normalized spacial score (nSPS) is 19.0. The summed E-state index contributed by atoms with van der Waals surface area (Å²) in [6.07, 6.45) is 2.65. The van der Waals surface area contributed by atoms with E-state index >= 15 is 0 Å². The van der Waals surface area contributed by atoms with Gasteiger partial charge in [-0.15, -0.1) is 0 Å². The third-order valence-corrected chi connectivity index (χ3v) is 3.22. The number of carbonyl (C=O) groups excluding carboxylic acids is 1. The first kappa shape index (κ1) is 13.1. The van der Waals surface area contributed by atoms with Crippen molar-refractivity contribution in [2.24, 2.45) is 0 Å². The number of rotatable bonds is 4. The molecule has 1 fully saturated rings. The zero-order valence-corrected chi connectivity index (χ0v) is 11.1. The fourth-order valence-corrected chi connectivity index (χ4v) is 2.36. The number of likely N-dealkylation sites (N-methyl/N-ethyl adjacent to an activating group) is 1. The summed E-state index contributed by atoms with van der Waals surface area (Å²) in [5.41, 5.74) is 0. The third-order valence-electron chi connectivity index (χ3n) is 2.93. The second-order valence-electron chi connectivity index (χ2n) is 4.34. The number of carbonyl (C=O) groups is 1. The molecule has 2 heterocycles. The lowest BCUT2D eigenvalue weighted by molar-refractivity contribution is -0.120. The summed E-state index contributed by atoms with van der Waals surface area (Å²) in [5.74, 6) is 0.820. The van der Waals surface area contributed by atoms with Crippen LogP contribution in [0.2, 0.25) is 5.02 Å². The predicted octanol–water partition coefficient (Wildman–Crippen LogP) is 0.649. The summed E-state index contributed by atoms with van der Waals surface area (Å²) in [4.78, 5) is 17.9. The van der Waals surface area contributed by atoms with Gasteiger partial charge in [0.05, 0.1) is 11.6 Å². The van der Waals surface area contributed by atoms with E-state index in [1.54, 1.807) is 13.2 Å². The van der Waals surface area contributed by atoms with Crippen molar-refractivity contribution in [3.63, 3.8) is 0 Å². The van der Waals surface area contributed by atoms with Crippen LogP contribution < -0.4 is 15.5 Å². The number of pyridine rings is 1. The Morgan fingerprint density at radius 1 is 1.67 bits per heavy atom. The van der Waals surface area contributed by atoms with Crippen molar-refractivity contribution in [1.82, 2.24) is 15.6 Å². The zero-order valence-electron chi connectivity index (χ0n) is 10.3. The molecule has 5 nitrogen and oxygen atoms in total. The minimum atomic E-state index is 0.0245. The van der Waals surface area contributed by atoms with Gasteiger partial charge in [-0.2, -0.15) is 0 Å². The summed E-state index contributed by atoms with van der Waals surface area (Å²) in [6, 6.07) is 3.81. The highest BCUT2D eigenvalue weighted by Gasteiger charge is 2.25. The summed E-state index contributed by atoms with van der Waals surface area (Å²) >= 11 is 6.11. The molecule has 1 saturated heterocycles. The van der Waals surface area contributed by atoms with Gasteiger partial charge in [0.2, 0.25) is 5.91 Å². The maximum Gasteiger partial charge on any atom is 0.234 e. The monoisotopic (exact) mass is 268 g/mol. The number of hydrogen-bond donors (Lipinski definition) is 2. The fraction of sp³-hybridized carbons (Fsp3) is 0.500. The second-order valence-corrected chi connectivity index (χ2v) is 4.75. The van der Waals surface area contributed by atoms with Crippen molar-refractivity contribution < 1.29 is 4.79 Å². The molecule has 18 heavy (non-hydrogen) atoms. The first-order valence-electron chi connectivity index (χ1n) is 6.00. The van der Waals surface area contributed by atoms with Crippen LogP contribution in [0.25, 0.3) is 0 Å². The van der Waals surface area contributed by atoms with Crippen molar-refractivity contribution in [3.8, 4) is 0 Å². The van der Waals surface area contributed by atoms with Gasteiger partial charge in [0.1, 0.15) is 5.82 Å². The van der Waals surface area contributed by atoms with E-state index in [-0.39, 0.29) is 11.9 Å². The molecule has 0 aromatic carbocycles. The molecule has 1 aromatic heterocycles. The Balaban J connectivity index is 1.92. The number of halogens is 1. The fourth-order valence-electron chi connectivity index (χ4n) is 2.12. The summed E-state index contributed by atoms with van der Waals surface area (Å²) in [5, 5.41) is 6.47. The summed E-state index contributed by atoms with van der Waals surface area (Å²) in [6.45, 7) is 1.97. The van der Waals surface area contributed by atoms with Gasteiger partial charge >= 0.3 is 0 Å². The van der Waals surface area contributed by atoms with E-state index in [2.05, 4.69) is 20.5 Å². The number of aromatic nitrogens is 1. The van der Waals surface area contributed by atoms with Gasteiger partial charge in [-0.25, -0.2) is 4.98 Å². The minimum absolute atomic E-state index is 0.0245. The lowest BCUT2D eigenvalue weighted by Gasteiger charge is -2.18. The van der Waals surface area contributed by atoms with Crippen LogP contribution in [0, 0.1) is 0 Å². The Morgan fingerprint density at radius 2 is 2.50 bits per heavy atom. The molecular formula is C12H17ClN4O. The number of nitrogens with zero attached hydrogens (tertiary/aromatic N) is 2. The van der Waals surface area contributed by atoms with Gasteiger partial charge in [-0.1, -0.05) is 11.6 Å². The number of amides is 1. The number of nitrogens with one attached hydrogen (secondary N) is 2. The van der Waals surface area contributed by atoms with Gasteiger partial charge in [0, 0.05) is 25.3 Å². The number of hydrogen-bond acceptors (Lipinski definition) is 4. The van der Waals surface area contributed by atoms with Crippen LogP contribution in [0.3, 0.4) is 0 Å². The molecule has 1 amide bonds. The molecule has 6 heteroatoms. The third kappa shape index (κ3) is 3.11. The van der Waals surface area contributed by atoms with Crippen molar-refractivity contribution in [2.75, 3.05) is 31.6 Å². The van der Waals surface area contributed by atoms with E-state index < -0.39 is 0 Å². The highest BCUT2D eigenvalue weighted by Crippen LogP contribution is 2.25. The van der Waals surface area contributed by atoms with Crippen LogP contribution in [-0.2, 0) is 4.79 Å². The average Bonchev–Trinajstić information content (AvgIpc) is 2.78.